The Labute approximate surface area is 126 Å². The number of nitrogens with zero attached hydrogens (tertiary/aromatic N) is 2. The van der Waals surface area contributed by atoms with Gasteiger partial charge in [0.25, 0.3) is 0 Å². The third kappa shape index (κ3) is 3.94. The molecule has 3 N–H and O–H groups in total. The molecule has 0 amide bonds. The van der Waals surface area contributed by atoms with Crippen LogP contribution < -0.4 is 11.1 Å². The first-order valence-corrected chi connectivity index (χ1v) is 7.40. The molecular formula is C17H24N4. The molecule has 0 saturated carbocycles. The molecule has 0 fully saturated rings. The molecular weight excluding hydrogens is 260 g/mol. The number of rotatable bonds is 5. The summed E-state index contributed by atoms with van der Waals surface area (Å²) >= 11 is 0. The summed E-state index contributed by atoms with van der Waals surface area (Å²) < 4.78 is 0. The minimum Gasteiger partial charge on any atom is -0.383 e. The summed E-state index contributed by atoms with van der Waals surface area (Å²) in [5.41, 5.74) is 9.51. The normalized spacial score (nSPS) is 10.9. The number of aryl methyl sites for hydroxylation is 1. The Kier molecular flexibility index (Phi) is 4.78. The average molecular weight is 284 g/mol. The summed E-state index contributed by atoms with van der Waals surface area (Å²) in [6, 6.07) is 8.56. The van der Waals surface area contributed by atoms with Crippen molar-refractivity contribution in [2.75, 3.05) is 17.6 Å². The quantitative estimate of drug-likeness (QED) is 0.882. The average Bonchev–Trinajstić information content (AvgIpc) is 2.43. The monoisotopic (exact) mass is 284 g/mol. The van der Waals surface area contributed by atoms with E-state index in [0.717, 1.165) is 30.2 Å². The van der Waals surface area contributed by atoms with Gasteiger partial charge in [-0.05, 0) is 25.8 Å². The van der Waals surface area contributed by atoms with Crippen LogP contribution in [0.2, 0.25) is 0 Å². The van der Waals surface area contributed by atoms with Gasteiger partial charge in [-0.25, -0.2) is 9.97 Å². The zero-order valence-electron chi connectivity index (χ0n) is 13.3. The molecule has 112 valence electrons. The molecule has 0 bridgehead atoms. The Balaban J connectivity index is 2.06. The van der Waals surface area contributed by atoms with Gasteiger partial charge in [-0.2, -0.15) is 0 Å². The zero-order chi connectivity index (χ0) is 15.4. The van der Waals surface area contributed by atoms with Crippen LogP contribution in [0.25, 0.3) is 0 Å². The number of benzene rings is 1. The van der Waals surface area contributed by atoms with Gasteiger partial charge in [-0.3, -0.25) is 0 Å². The molecule has 0 atom stereocenters. The van der Waals surface area contributed by atoms with Crippen LogP contribution in [0.3, 0.4) is 0 Å². The summed E-state index contributed by atoms with van der Waals surface area (Å²) in [5, 5.41) is 3.39. The summed E-state index contributed by atoms with van der Waals surface area (Å²) in [7, 11) is 0. The molecule has 0 radical (unpaired) electrons. The molecule has 0 aliphatic rings. The molecule has 2 rings (SSSR count). The maximum atomic E-state index is 5.97. The molecule has 1 heterocycles. The minimum absolute atomic E-state index is 0.269. The summed E-state index contributed by atoms with van der Waals surface area (Å²) in [6.07, 6.45) is 0.960. The number of nitrogen functional groups attached to an aromatic ring is 1. The Hall–Kier alpha value is -2.10. The Bertz CT molecular complexity index is 620. The summed E-state index contributed by atoms with van der Waals surface area (Å²) in [6.45, 7) is 9.04. The largest absolute Gasteiger partial charge is 0.383 e. The molecule has 4 heteroatoms. The van der Waals surface area contributed by atoms with Crippen molar-refractivity contribution in [1.82, 2.24) is 9.97 Å². The van der Waals surface area contributed by atoms with Crippen LogP contribution in [0.1, 0.15) is 42.3 Å². The van der Waals surface area contributed by atoms with E-state index in [-0.39, 0.29) is 5.92 Å². The van der Waals surface area contributed by atoms with Gasteiger partial charge in [0.1, 0.15) is 17.5 Å². The van der Waals surface area contributed by atoms with E-state index in [0.29, 0.717) is 5.82 Å². The Morgan fingerprint density at radius 1 is 1.19 bits per heavy atom. The van der Waals surface area contributed by atoms with Crippen LogP contribution in [0.4, 0.5) is 11.6 Å². The van der Waals surface area contributed by atoms with E-state index in [4.69, 9.17) is 5.73 Å². The molecule has 2 aromatic rings. The lowest BCUT2D eigenvalue weighted by atomic mass is 10.1. The van der Waals surface area contributed by atoms with Crippen LogP contribution in [-0.4, -0.2) is 16.5 Å². The van der Waals surface area contributed by atoms with E-state index in [1.165, 1.54) is 11.1 Å². The highest BCUT2D eigenvalue weighted by atomic mass is 15.1. The topological polar surface area (TPSA) is 63.8 Å². The third-order valence-electron chi connectivity index (χ3n) is 3.51. The molecule has 0 aliphatic heterocycles. The minimum atomic E-state index is 0.269. The highest BCUT2D eigenvalue weighted by molar-refractivity contribution is 5.55. The first-order valence-electron chi connectivity index (χ1n) is 7.40. The van der Waals surface area contributed by atoms with Gasteiger partial charge < -0.3 is 11.1 Å². The van der Waals surface area contributed by atoms with E-state index in [9.17, 15) is 0 Å². The second kappa shape index (κ2) is 6.57. The van der Waals surface area contributed by atoms with Gasteiger partial charge in [0.2, 0.25) is 0 Å². The number of nitrogens with two attached hydrogens (primary N) is 1. The molecule has 21 heavy (non-hydrogen) atoms. The third-order valence-corrected chi connectivity index (χ3v) is 3.51. The number of nitrogens with one attached hydrogen (secondary N) is 1. The second-order valence-electron chi connectivity index (χ2n) is 5.76. The van der Waals surface area contributed by atoms with Crippen molar-refractivity contribution in [3.63, 3.8) is 0 Å². The van der Waals surface area contributed by atoms with Crippen molar-refractivity contribution in [1.29, 1.82) is 0 Å². The van der Waals surface area contributed by atoms with Gasteiger partial charge >= 0.3 is 0 Å². The van der Waals surface area contributed by atoms with Crippen LogP contribution in [-0.2, 0) is 6.42 Å². The number of aromatic nitrogens is 2. The lowest BCUT2D eigenvalue weighted by molar-refractivity contribution is 0.774. The molecule has 0 saturated heterocycles. The lowest BCUT2D eigenvalue weighted by Gasteiger charge is -2.13. The molecule has 1 aromatic carbocycles. The van der Waals surface area contributed by atoms with Crippen LogP contribution in [0, 0.1) is 13.8 Å². The fourth-order valence-electron chi connectivity index (χ4n) is 2.18. The van der Waals surface area contributed by atoms with E-state index >= 15 is 0 Å². The highest BCUT2D eigenvalue weighted by Crippen LogP contribution is 2.20. The lowest BCUT2D eigenvalue weighted by Crippen LogP contribution is -2.12. The molecule has 1 aromatic heterocycles. The molecule has 4 nitrogen and oxygen atoms in total. The molecule has 0 aliphatic carbocycles. The first kappa shape index (κ1) is 15.3. The van der Waals surface area contributed by atoms with Crippen molar-refractivity contribution < 1.29 is 0 Å². The zero-order valence-corrected chi connectivity index (χ0v) is 13.3. The van der Waals surface area contributed by atoms with Crippen LogP contribution in [0.15, 0.2) is 24.3 Å². The summed E-state index contributed by atoms with van der Waals surface area (Å²) in [5.74, 6) is 2.46. The van der Waals surface area contributed by atoms with E-state index < -0.39 is 0 Å². The van der Waals surface area contributed by atoms with Gasteiger partial charge in [0.05, 0.1) is 0 Å². The van der Waals surface area contributed by atoms with E-state index in [2.05, 4.69) is 60.3 Å². The maximum Gasteiger partial charge on any atom is 0.135 e. The number of hydrogen-bond donors (Lipinski definition) is 2. The van der Waals surface area contributed by atoms with Crippen molar-refractivity contribution in [2.24, 2.45) is 0 Å². The first-order chi connectivity index (χ1) is 9.97. The Morgan fingerprint density at radius 3 is 2.62 bits per heavy atom. The number of anilines is 2. The Morgan fingerprint density at radius 2 is 1.95 bits per heavy atom. The van der Waals surface area contributed by atoms with Gasteiger partial charge in [-0.15, -0.1) is 0 Å². The van der Waals surface area contributed by atoms with Crippen molar-refractivity contribution in [3.8, 4) is 0 Å². The predicted octanol–water partition coefficient (Wildman–Crippen LogP) is 3.45. The van der Waals surface area contributed by atoms with Gasteiger partial charge in [-0.1, -0.05) is 43.7 Å². The molecule has 0 spiro atoms. The van der Waals surface area contributed by atoms with Gasteiger partial charge in [0.15, 0.2) is 0 Å². The SMILES string of the molecule is Cc1cccc(CCNc2nc(C(C)C)nc(N)c2C)c1. The highest BCUT2D eigenvalue weighted by Gasteiger charge is 2.10. The maximum absolute atomic E-state index is 5.97. The predicted molar refractivity (Wildman–Crippen MR) is 88.6 cm³/mol. The van der Waals surface area contributed by atoms with E-state index in [1.807, 2.05) is 6.92 Å². The van der Waals surface area contributed by atoms with Gasteiger partial charge in [0, 0.05) is 18.0 Å². The smallest absolute Gasteiger partial charge is 0.135 e. The number of hydrogen-bond acceptors (Lipinski definition) is 4. The molecule has 0 unspecified atom stereocenters. The van der Waals surface area contributed by atoms with Crippen molar-refractivity contribution in [3.05, 3.63) is 46.8 Å². The van der Waals surface area contributed by atoms with Crippen LogP contribution >= 0.6 is 0 Å². The second-order valence-corrected chi connectivity index (χ2v) is 5.76. The summed E-state index contributed by atoms with van der Waals surface area (Å²) in [4.78, 5) is 8.92. The van der Waals surface area contributed by atoms with Crippen LogP contribution in [0.5, 0.6) is 0 Å². The fourth-order valence-corrected chi connectivity index (χ4v) is 2.18. The van der Waals surface area contributed by atoms with Crippen molar-refractivity contribution in [2.45, 2.75) is 40.0 Å². The van der Waals surface area contributed by atoms with E-state index in [1.54, 1.807) is 0 Å². The van der Waals surface area contributed by atoms with Crippen molar-refractivity contribution >= 4 is 11.6 Å². The standard InChI is InChI=1S/C17H24N4/c1-11(2)16-20-15(18)13(4)17(21-16)19-9-8-14-7-5-6-12(3)10-14/h5-7,10-11H,8-9H2,1-4H3,(H3,18,19,20,21). The fraction of sp³-hybridized carbons (Fsp3) is 0.412.